The van der Waals surface area contributed by atoms with E-state index in [-0.39, 0.29) is 35.8 Å². The first-order valence-electron chi connectivity index (χ1n) is 15.9. The molecule has 6 atom stereocenters. The number of aryl methyl sites for hydroxylation is 3. The van der Waals surface area contributed by atoms with Crippen LogP contribution < -0.4 is 0 Å². The second kappa shape index (κ2) is 10.7. The van der Waals surface area contributed by atoms with Crippen LogP contribution in [-0.4, -0.2) is 49.8 Å². The fraction of sp³-hybridized carbons (Fsp3) is 0.541. The minimum Gasteiger partial charge on any atom is -0.508 e. The second-order valence-corrected chi connectivity index (χ2v) is 14.9. The molecule has 8 heteroatoms. The summed E-state index contributed by atoms with van der Waals surface area (Å²) in [6, 6.07) is 7.30. The Balaban J connectivity index is 1.66. The van der Waals surface area contributed by atoms with Crippen LogP contribution in [0.25, 0.3) is 0 Å². The van der Waals surface area contributed by atoms with Gasteiger partial charge in [0.15, 0.2) is 28.7 Å². The fourth-order valence-corrected chi connectivity index (χ4v) is 9.08. The van der Waals surface area contributed by atoms with E-state index in [0.717, 1.165) is 23.6 Å². The summed E-state index contributed by atoms with van der Waals surface area (Å²) in [6.07, 6.45) is 1.10. The number of hydrogen-bond acceptors (Lipinski definition) is 8. The molecule has 0 saturated heterocycles. The molecule has 0 heterocycles. The third-order valence-electron chi connectivity index (χ3n) is 11.1. The van der Waals surface area contributed by atoms with Gasteiger partial charge in [-0.2, -0.15) is 0 Å². The SMILES string of the molecule is CC(=O)C1C(=O)C(C(C)C)[C@@]2(C)C[C@@]3(C)Cc4c(C(C)C)cc(CCc5ccc(C)c(O)c5)c(O)c4C(=O)C3C(=O)[C@@]2(O)C1=O. The van der Waals surface area contributed by atoms with Crippen molar-refractivity contribution >= 4 is 28.9 Å². The summed E-state index contributed by atoms with van der Waals surface area (Å²) in [5, 5.41) is 34.0. The molecule has 0 bridgehead atoms. The van der Waals surface area contributed by atoms with Crippen LogP contribution in [0.4, 0.5) is 0 Å². The highest BCUT2D eigenvalue weighted by atomic mass is 16.3. The molecule has 0 radical (unpaired) electrons. The Labute approximate surface area is 264 Å². The van der Waals surface area contributed by atoms with Crippen LogP contribution in [0.3, 0.4) is 0 Å². The molecule has 8 nitrogen and oxygen atoms in total. The van der Waals surface area contributed by atoms with Crippen LogP contribution in [0.2, 0.25) is 0 Å². The molecule has 240 valence electrons. The third kappa shape index (κ3) is 4.54. The average molecular weight is 617 g/mol. The molecule has 3 aliphatic carbocycles. The summed E-state index contributed by atoms with van der Waals surface area (Å²) >= 11 is 0. The second-order valence-electron chi connectivity index (χ2n) is 14.9. The summed E-state index contributed by atoms with van der Waals surface area (Å²) in [4.78, 5) is 69.3. The number of fused-ring (bicyclic) bond motifs is 3. The monoisotopic (exact) mass is 616 g/mol. The largest absolute Gasteiger partial charge is 0.508 e. The molecule has 3 N–H and O–H groups in total. The summed E-state index contributed by atoms with van der Waals surface area (Å²) in [5.41, 5.74) is -1.65. The van der Waals surface area contributed by atoms with Crippen LogP contribution in [0, 0.1) is 41.4 Å². The number of benzene rings is 2. The average Bonchev–Trinajstić information content (AvgIpc) is 2.91. The number of Topliss-reactive ketones (excluding diaryl/α,β-unsaturated/α-hetero) is 5. The number of carbonyl (C=O) groups is 5. The van der Waals surface area contributed by atoms with Crippen LogP contribution >= 0.6 is 0 Å². The Morgan fingerprint density at radius 3 is 2.18 bits per heavy atom. The number of aliphatic hydroxyl groups is 1. The first-order valence-corrected chi connectivity index (χ1v) is 15.9. The minimum absolute atomic E-state index is 0.0278. The van der Waals surface area contributed by atoms with Gasteiger partial charge in [0.25, 0.3) is 0 Å². The third-order valence-corrected chi connectivity index (χ3v) is 11.1. The number of phenols is 2. The Morgan fingerprint density at radius 1 is 0.978 bits per heavy atom. The highest BCUT2D eigenvalue weighted by molar-refractivity contribution is 6.32. The normalized spacial score (nSPS) is 31.2. The van der Waals surface area contributed by atoms with Crippen molar-refractivity contribution in [2.75, 3.05) is 0 Å². The lowest BCUT2D eigenvalue weighted by molar-refractivity contribution is -0.205. The zero-order chi connectivity index (χ0) is 33.5. The van der Waals surface area contributed by atoms with E-state index in [9.17, 15) is 39.3 Å². The zero-order valence-corrected chi connectivity index (χ0v) is 27.4. The van der Waals surface area contributed by atoms with E-state index >= 15 is 0 Å². The molecule has 45 heavy (non-hydrogen) atoms. The Morgan fingerprint density at radius 2 is 1.62 bits per heavy atom. The molecule has 0 amide bonds. The predicted octanol–water partition coefficient (Wildman–Crippen LogP) is 5.02. The van der Waals surface area contributed by atoms with E-state index in [1.807, 2.05) is 32.0 Å². The Bertz CT molecular complexity index is 1670. The Kier molecular flexibility index (Phi) is 7.80. The van der Waals surface area contributed by atoms with Crippen molar-refractivity contribution in [3.05, 3.63) is 57.6 Å². The van der Waals surface area contributed by atoms with Gasteiger partial charge >= 0.3 is 0 Å². The number of carbonyl (C=O) groups excluding carboxylic acids is 5. The lowest BCUT2D eigenvalue weighted by Gasteiger charge is -2.62. The van der Waals surface area contributed by atoms with Gasteiger partial charge in [0, 0.05) is 11.3 Å². The molecule has 2 aromatic carbocycles. The van der Waals surface area contributed by atoms with Gasteiger partial charge in [0.05, 0.1) is 11.5 Å². The molecule has 3 aliphatic rings. The molecular weight excluding hydrogens is 572 g/mol. The molecule has 2 saturated carbocycles. The standard InChI is InChI=1S/C37H44O8/c1-17(2)23-14-22(12-11-21-10-9-19(5)25(39)13-21)30(40)27-24(23)15-35(7)16-36(8)28(18(3)4)31(41)26(20(6)38)33(43)37(36,45)34(44)29(35)32(27)42/h9-10,13-14,17-18,26,28-29,39-40,45H,11-12,15-16H2,1-8H3/t26?,28?,29?,35-,36-,37+/m1/s1. The lowest BCUT2D eigenvalue weighted by atomic mass is 9.39. The molecule has 5 rings (SSSR count). The fourth-order valence-electron chi connectivity index (χ4n) is 9.08. The van der Waals surface area contributed by atoms with Crippen molar-refractivity contribution in [2.24, 2.45) is 34.5 Å². The number of ketones is 5. The maximum atomic E-state index is 14.6. The first kappa shape index (κ1) is 32.7. The number of phenolic OH excluding ortho intramolecular Hbond substituents is 2. The van der Waals surface area contributed by atoms with Gasteiger partial charge in [-0.25, -0.2) is 0 Å². The minimum atomic E-state index is -2.72. The van der Waals surface area contributed by atoms with Crippen molar-refractivity contribution in [1.29, 1.82) is 0 Å². The van der Waals surface area contributed by atoms with E-state index in [1.54, 1.807) is 40.7 Å². The molecular formula is C37H44O8. The summed E-state index contributed by atoms with van der Waals surface area (Å²) in [5.74, 6) is -8.77. The Hall–Kier alpha value is -3.65. The highest BCUT2D eigenvalue weighted by Gasteiger charge is 2.76. The van der Waals surface area contributed by atoms with Gasteiger partial charge in [-0.05, 0) is 90.7 Å². The maximum absolute atomic E-state index is 14.6. The number of hydrogen-bond donors (Lipinski definition) is 3. The molecule has 0 aromatic heterocycles. The van der Waals surface area contributed by atoms with E-state index in [1.165, 1.54) is 0 Å². The lowest BCUT2D eigenvalue weighted by Crippen LogP contribution is -2.76. The first-order chi connectivity index (χ1) is 20.8. The van der Waals surface area contributed by atoms with Crippen molar-refractivity contribution in [1.82, 2.24) is 0 Å². The molecule has 3 unspecified atom stereocenters. The highest BCUT2D eigenvalue weighted by Crippen LogP contribution is 2.64. The van der Waals surface area contributed by atoms with Crippen LogP contribution in [-0.2, 0) is 38.4 Å². The smallest absolute Gasteiger partial charge is 0.190 e. The van der Waals surface area contributed by atoms with Crippen LogP contribution in [0.15, 0.2) is 24.3 Å². The van der Waals surface area contributed by atoms with Gasteiger partial charge in [-0.15, -0.1) is 0 Å². The van der Waals surface area contributed by atoms with Crippen molar-refractivity contribution < 1.29 is 39.3 Å². The van der Waals surface area contributed by atoms with Gasteiger partial charge in [-0.1, -0.05) is 59.7 Å². The topological polar surface area (TPSA) is 146 Å². The number of rotatable bonds is 6. The van der Waals surface area contributed by atoms with E-state index < -0.39 is 69.0 Å². The zero-order valence-electron chi connectivity index (χ0n) is 27.4. The molecule has 0 aliphatic heterocycles. The van der Waals surface area contributed by atoms with Gasteiger partial charge < -0.3 is 15.3 Å². The van der Waals surface area contributed by atoms with Gasteiger partial charge in [-0.3, -0.25) is 24.0 Å². The van der Waals surface area contributed by atoms with Crippen molar-refractivity contribution in [3.8, 4) is 11.5 Å². The molecule has 2 aromatic rings. The molecule has 0 spiro atoms. The van der Waals surface area contributed by atoms with Gasteiger partial charge in [0.1, 0.15) is 23.2 Å². The number of aromatic hydroxyl groups is 2. The van der Waals surface area contributed by atoms with Crippen molar-refractivity contribution in [2.45, 2.75) is 92.6 Å². The van der Waals surface area contributed by atoms with E-state index in [0.29, 0.717) is 24.0 Å². The summed E-state index contributed by atoms with van der Waals surface area (Å²) < 4.78 is 0. The summed E-state index contributed by atoms with van der Waals surface area (Å²) in [7, 11) is 0. The maximum Gasteiger partial charge on any atom is 0.190 e. The quantitative estimate of drug-likeness (QED) is 0.384. The van der Waals surface area contributed by atoms with Crippen LogP contribution in [0.5, 0.6) is 11.5 Å². The van der Waals surface area contributed by atoms with Crippen molar-refractivity contribution in [3.63, 3.8) is 0 Å². The van der Waals surface area contributed by atoms with E-state index in [2.05, 4.69) is 0 Å². The molecule has 2 fully saturated rings. The van der Waals surface area contributed by atoms with Gasteiger partial charge in [0.2, 0.25) is 0 Å². The predicted molar refractivity (Wildman–Crippen MR) is 167 cm³/mol. The van der Waals surface area contributed by atoms with E-state index in [4.69, 9.17) is 0 Å². The van der Waals surface area contributed by atoms with Crippen LogP contribution in [0.1, 0.15) is 99.0 Å². The summed E-state index contributed by atoms with van der Waals surface area (Å²) in [6.45, 7) is 13.8.